The van der Waals surface area contributed by atoms with Crippen LogP contribution in [0.4, 0.5) is 0 Å². The lowest BCUT2D eigenvalue weighted by Gasteiger charge is -2.05. The molecule has 0 unspecified atom stereocenters. The maximum atomic E-state index is 12.0. The highest BCUT2D eigenvalue weighted by Gasteiger charge is 2.06. The quantitative estimate of drug-likeness (QED) is 0.622. The van der Waals surface area contributed by atoms with Gasteiger partial charge in [-0.15, -0.1) is 11.3 Å². The van der Waals surface area contributed by atoms with E-state index in [0.29, 0.717) is 19.4 Å². The molecule has 2 aromatic carbocycles. The molecule has 0 saturated heterocycles. The SMILES string of the molecule is COc1ccc(CCCNC(=O)CCc2nc3ccccc3s2)cc1. The Hall–Kier alpha value is -2.40. The predicted octanol–water partition coefficient (Wildman–Crippen LogP) is 3.99. The number of benzene rings is 2. The number of aryl methyl sites for hydroxylation is 2. The number of hydrogen-bond acceptors (Lipinski definition) is 4. The molecule has 0 fully saturated rings. The molecule has 25 heavy (non-hydrogen) atoms. The molecule has 4 nitrogen and oxygen atoms in total. The Morgan fingerprint density at radius 1 is 1.12 bits per heavy atom. The van der Waals surface area contributed by atoms with Crippen LogP contribution in [0.1, 0.15) is 23.4 Å². The average molecular weight is 354 g/mol. The summed E-state index contributed by atoms with van der Waals surface area (Å²) in [7, 11) is 1.67. The van der Waals surface area contributed by atoms with Crippen LogP contribution in [-0.4, -0.2) is 24.5 Å². The van der Waals surface area contributed by atoms with Crippen molar-refractivity contribution >= 4 is 27.5 Å². The van der Waals surface area contributed by atoms with Crippen molar-refractivity contribution in [3.63, 3.8) is 0 Å². The van der Waals surface area contributed by atoms with E-state index in [4.69, 9.17) is 4.74 Å². The number of methoxy groups -OCH3 is 1. The monoisotopic (exact) mass is 354 g/mol. The topological polar surface area (TPSA) is 51.2 Å². The van der Waals surface area contributed by atoms with Gasteiger partial charge in [-0.2, -0.15) is 0 Å². The molecule has 0 radical (unpaired) electrons. The summed E-state index contributed by atoms with van der Waals surface area (Å²) < 4.78 is 6.33. The van der Waals surface area contributed by atoms with E-state index in [2.05, 4.69) is 28.5 Å². The minimum Gasteiger partial charge on any atom is -0.497 e. The van der Waals surface area contributed by atoms with Gasteiger partial charge in [-0.25, -0.2) is 4.98 Å². The number of thiazole rings is 1. The van der Waals surface area contributed by atoms with Crippen molar-refractivity contribution in [2.75, 3.05) is 13.7 Å². The van der Waals surface area contributed by atoms with Crippen molar-refractivity contribution in [3.8, 4) is 5.75 Å². The molecule has 0 aliphatic rings. The van der Waals surface area contributed by atoms with Gasteiger partial charge in [-0.3, -0.25) is 4.79 Å². The van der Waals surface area contributed by atoms with Crippen molar-refractivity contribution in [1.29, 1.82) is 0 Å². The zero-order valence-electron chi connectivity index (χ0n) is 14.3. The summed E-state index contributed by atoms with van der Waals surface area (Å²) in [5.41, 5.74) is 2.27. The average Bonchev–Trinajstić information content (AvgIpc) is 3.07. The van der Waals surface area contributed by atoms with Gasteiger partial charge < -0.3 is 10.1 Å². The van der Waals surface area contributed by atoms with Gasteiger partial charge in [0.15, 0.2) is 0 Å². The first-order valence-electron chi connectivity index (χ1n) is 8.48. The van der Waals surface area contributed by atoms with E-state index in [1.165, 1.54) is 10.3 Å². The largest absolute Gasteiger partial charge is 0.497 e. The molecule has 0 atom stereocenters. The second-order valence-electron chi connectivity index (χ2n) is 5.88. The molecule has 5 heteroatoms. The number of nitrogens with one attached hydrogen (secondary N) is 1. The first-order chi connectivity index (χ1) is 12.2. The van der Waals surface area contributed by atoms with E-state index in [9.17, 15) is 4.79 Å². The van der Waals surface area contributed by atoms with Crippen LogP contribution in [0.3, 0.4) is 0 Å². The molecule has 1 amide bonds. The van der Waals surface area contributed by atoms with E-state index in [-0.39, 0.29) is 5.91 Å². The first-order valence-corrected chi connectivity index (χ1v) is 9.30. The number of amides is 1. The summed E-state index contributed by atoms with van der Waals surface area (Å²) in [5, 5.41) is 4.02. The van der Waals surface area contributed by atoms with Crippen LogP contribution in [0.2, 0.25) is 0 Å². The van der Waals surface area contributed by atoms with Gasteiger partial charge in [-0.1, -0.05) is 24.3 Å². The minimum absolute atomic E-state index is 0.0917. The van der Waals surface area contributed by atoms with Crippen molar-refractivity contribution in [2.24, 2.45) is 0 Å². The smallest absolute Gasteiger partial charge is 0.220 e. The fraction of sp³-hybridized carbons (Fsp3) is 0.300. The Morgan fingerprint density at radius 2 is 1.92 bits per heavy atom. The Kier molecular flexibility index (Phi) is 6.01. The number of rotatable bonds is 8. The third-order valence-corrected chi connectivity index (χ3v) is 5.12. The Labute approximate surface area is 151 Å². The van der Waals surface area contributed by atoms with Gasteiger partial charge in [0.1, 0.15) is 5.75 Å². The Balaban J connectivity index is 1.36. The second-order valence-corrected chi connectivity index (χ2v) is 6.99. The molecule has 130 valence electrons. The molecular formula is C20H22N2O2S. The highest BCUT2D eigenvalue weighted by Crippen LogP contribution is 2.22. The molecule has 0 spiro atoms. The minimum atomic E-state index is 0.0917. The van der Waals surface area contributed by atoms with E-state index < -0.39 is 0 Å². The van der Waals surface area contributed by atoms with Crippen LogP contribution in [0, 0.1) is 0 Å². The van der Waals surface area contributed by atoms with Gasteiger partial charge in [-0.05, 0) is 42.7 Å². The van der Waals surface area contributed by atoms with Gasteiger partial charge in [0.25, 0.3) is 0 Å². The number of para-hydroxylation sites is 1. The zero-order chi connectivity index (χ0) is 17.5. The van der Waals surface area contributed by atoms with Crippen molar-refractivity contribution in [1.82, 2.24) is 10.3 Å². The zero-order valence-corrected chi connectivity index (χ0v) is 15.1. The van der Waals surface area contributed by atoms with Crippen LogP contribution in [0.25, 0.3) is 10.2 Å². The summed E-state index contributed by atoms with van der Waals surface area (Å²) in [6.07, 6.45) is 3.06. The van der Waals surface area contributed by atoms with E-state index in [1.54, 1.807) is 18.4 Å². The highest BCUT2D eigenvalue weighted by atomic mass is 32.1. The molecule has 1 N–H and O–H groups in total. The normalized spacial score (nSPS) is 10.8. The van der Waals surface area contributed by atoms with Crippen LogP contribution < -0.4 is 10.1 Å². The molecule has 0 aliphatic carbocycles. The third-order valence-electron chi connectivity index (χ3n) is 4.03. The number of fused-ring (bicyclic) bond motifs is 1. The Morgan fingerprint density at radius 3 is 2.68 bits per heavy atom. The van der Waals surface area contributed by atoms with E-state index in [1.807, 2.05) is 30.3 Å². The van der Waals surface area contributed by atoms with Crippen LogP contribution in [0.15, 0.2) is 48.5 Å². The standard InChI is InChI=1S/C20H22N2O2S/c1-24-16-10-8-15(9-11-16)5-4-14-21-19(23)12-13-20-22-17-6-2-3-7-18(17)25-20/h2-3,6-11H,4-5,12-14H2,1H3,(H,21,23). The number of aromatic nitrogens is 1. The molecule has 1 heterocycles. The molecule has 3 aromatic rings. The number of nitrogens with zero attached hydrogens (tertiary/aromatic N) is 1. The summed E-state index contributed by atoms with van der Waals surface area (Å²) in [5.74, 6) is 0.959. The summed E-state index contributed by atoms with van der Waals surface area (Å²) in [4.78, 5) is 16.5. The predicted molar refractivity (Wildman–Crippen MR) is 102 cm³/mol. The summed E-state index contributed by atoms with van der Waals surface area (Å²) in [6.45, 7) is 0.699. The van der Waals surface area contributed by atoms with Crippen LogP contribution in [0.5, 0.6) is 5.75 Å². The lowest BCUT2D eigenvalue weighted by Crippen LogP contribution is -2.24. The fourth-order valence-electron chi connectivity index (χ4n) is 2.65. The second kappa shape index (κ2) is 8.62. The summed E-state index contributed by atoms with van der Waals surface area (Å²) >= 11 is 1.67. The van der Waals surface area contributed by atoms with Crippen LogP contribution >= 0.6 is 11.3 Å². The Bertz CT molecular complexity index is 794. The fourth-order valence-corrected chi connectivity index (χ4v) is 3.62. The molecule has 0 saturated carbocycles. The van der Waals surface area contributed by atoms with Gasteiger partial charge in [0, 0.05) is 19.4 Å². The maximum Gasteiger partial charge on any atom is 0.220 e. The van der Waals surface area contributed by atoms with Gasteiger partial charge in [0.05, 0.1) is 22.3 Å². The van der Waals surface area contributed by atoms with Gasteiger partial charge >= 0.3 is 0 Å². The molecule has 3 rings (SSSR count). The lowest BCUT2D eigenvalue weighted by molar-refractivity contribution is -0.121. The lowest BCUT2D eigenvalue weighted by atomic mass is 10.1. The van der Waals surface area contributed by atoms with Crippen LogP contribution in [-0.2, 0) is 17.6 Å². The third kappa shape index (κ3) is 5.03. The van der Waals surface area contributed by atoms with Crippen molar-refractivity contribution in [2.45, 2.75) is 25.7 Å². The molecule has 1 aromatic heterocycles. The number of hydrogen-bond donors (Lipinski definition) is 1. The van der Waals surface area contributed by atoms with E-state index >= 15 is 0 Å². The van der Waals surface area contributed by atoms with Crippen molar-refractivity contribution < 1.29 is 9.53 Å². The highest BCUT2D eigenvalue weighted by molar-refractivity contribution is 7.18. The number of carbonyl (C=O) groups is 1. The molecule has 0 bridgehead atoms. The van der Waals surface area contributed by atoms with Gasteiger partial charge in [0.2, 0.25) is 5.91 Å². The first kappa shape index (κ1) is 17.4. The number of carbonyl (C=O) groups excluding carboxylic acids is 1. The molecule has 0 aliphatic heterocycles. The number of ether oxygens (including phenoxy) is 1. The van der Waals surface area contributed by atoms with Crippen molar-refractivity contribution in [3.05, 3.63) is 59.1 Å². The maximum absolute atomic E-state index is 12.0. The van der Waals surface area contributed by atoms with E-state index in [0.717, 1.165) is 29.1 Å². The summed E-state index contributed by atoms with van der Waals surface area (Å²) in [6, 6.07) is 16.1. The molecular weight excluding hydrogens is 332 g/mol.